The quantitative estimate of drug-likeness (QED) is 0.753. The molecule has 0 amide bonds. The van der Waals surface area contributed by atoms with Crippen LogP contribution in [0.5, 0.6) is 5.75 Å². The molecule has 0 radical (unpaired) electrons. The van der Waals surface area contributed by atoms with Gasteiger partial charge in [-0.05, 0) is 41.5 Å². The van der Waals surface area contributed by atoms with E-state index in [0.29, 0.717) is 11.6 Å². The zero-order chi connectivity index (χ0) is 14.3. The maximum Gasteiger partial charge on any atom is 0.128 e. The number of hydrogen-bond acceptors (Lipinski definition) is 2. The number of hydrogen-bond donors (Lipinski definition) is 1. The van der Waals surface area contributed by atoms with E-state index >= 15 is 0 Å². The Bertz CT molecular complexity index is 653. The van der Waals surface area contributed by atoms with Gasteiger partial charge in [-0.1, -0.05) is 43.5 Å². The fraction of sp³-hybridized carbons (Fsp3) is 0.200. The zero-order valence-corrected chi connectivity index (χ0v) is 14.3. The van der Waals surface area contributed by atoms with Crippen molar-refractivity contribution < 1.29 is 9.84 Å². The van der Waals surface area contributed by atoms with Crippen molar-refractivity contribution in [3.8, 4) is 5.75 Å². The van der Waals surface area contributed by atoms with Crippen LogP contribution in [-0.4, -0.2) is 11.7 Å². The van der Waals surface area contributed by atoms with Crippen molar-refractivity contribution in [3.05, 3.63) is 61.0 Å². The van der Waals surface area contributed by atoms with Crippen LogP contribution in [0.3, 0.4) is 0 Å². The van der Waals surface area contributed by atoms with Crippen molar-refractivity contribution in [2.24, 2.45) is 0 Å². The first-order valence-corrected chi connectivity index (χ1v) is 8.10. The Morgan fingerprint density at radius 2 is 1.85 bits per heavy atom. The lowest BCUT2D eigenvalue weighted by Crippen LogP contribution is -2.02. The molecule has 20 heavy (non-hydrogen) atoms. The molecule has 0 aliphatic carbocycles. The number of benzene rings is 2. The summed E-state index contributed by atoms with van der Waals surface area (Å²) >= 11 is 12.9. The predicted octanol–water partition coefficient (Wildman–Crippen LogP) is 4.88. The smallest absolute Gasteiger partial charge is 0.128 e. The third-order valence-corrected chi connectivity index (χ3v) is 4.41. The molecule has 1 N–H and O–H groups in total. The minimum atomic E-state index is -0.769. The van der Waals surface area contributed by atoms with Gasteiger partial charge in [-0.3, -0.25) is 0 Å². The highest BCUT2D eigenvalue weighted by atomic mass is 79.9. The number of aliphatic hydroxyl groups excluding tert-OH is 1. The predicted molar refractivity (Wildman–Crippen MR) is 86.6 cm³/mol. The molecule has 0 bridgehead atoms. The van der Waals surface area contributed by atoms with Gasteiger partial charge in [0.1, 0.15) is 11.9 Å². The number of ether oxygens (including phenoxy) is 1. The van der Waals surface area contributed by atoms with Crippen molar-refractivity contribution in [3.63, 3.8) is 0 Å². The molecule has 1 atom stereocenters. The highest BCUT2D eigenvalue weighted by molar-refractivity contribution is 9.10. The third-order valence-electron chi connectivity index (χ3n) is 3.27. The molecule has 5 heteroatoms. The first-order valence-electron chi connectivity index (χ1n) is 6.14. The third kappa shape index (κ3) is 2.75. The summed E-state index contributed by atoms with van der Waals surface area (Å²) < 4.78 is 7.44. The lowest BCUT2D eigenvalue weighted by molar-refractivity contribution is 0.213. The van der Waals surface area contributed by atoms with E-state index in [1.165, 1.54) is 0 Å². The summed E-state index contributed by atoms with van der Waals surface area (Å²) in [5.41, 5.74) is 2.62. The van der Waals surface area contributed by atoms with E-state index in [2.05, 4.69) is 31.9 Å². The van der Waals surface area contributed by atoms with Gasteiger partial charge < -0.3 is 9.84 Å². The van der Waals surface area contributed by atoms with Gasteiger partial charge in [0, 0.05) is 26.0 Å². The highest BCUT2D eigenvalue weighted by Crippen LogP contribution is 2.39. The fourth-order valence-electron chi connectivity index (χ4n) is 2.41. The topological polar surface area (TPSA) is 29.5 Å². The van der Waals surface area contributed by atoms with Crippen molar-refractivity contribution in [2.75, 3.05) is 6.61 Å². The Kier molecular flexibility index (Phi) is 4.09. The fourth-order valence-corrected chi connectivity index (χ4v) is 3.82. The van der Waals surface area contributed by atoms with E-state index in [4.69, 9.17) is 16.3 Å². The first-order chi connectivity index (χ1) is 9.54. The average molecular weight is 419 g/mol. The van der Waals surface area contributed by atoms with Crippen molar-refractivity contribution in [1.29, 1.82) is 0 Å². The Morgan fingerprint density at radius 3 is 2.60 bits per heavy atom. The van der Waals surface area contributed by atoms with Crippen LogP contribution in [0.25, 0.3) is 0 Å². The molecule has 1 unspecified atom stereocenters. The number of rotatable bonds is 2. The second kappa shape index (κ2) is 5.68. The van der Waals surface area contributed by atoms with Gasteiger partial charge in [0.2, 0.25) is 0 Å². The summed E-state index contributed by atoms with van der Waals surface area (Å²) in [5.74, 6) is 0.789. The standard InChI is InChI=1S/C15H11Br2ClO2/c16-10-4-9(5-12(18)6-10)14(19)13-7-11(17)3-8-1-2-20-15(8)13/h3-7,14,19H,1-2H2. The van der Waals surface area contributed by atoms with Gasteiger partial charge in [0.05, 0.1) is 6.61 Å². The van der Waals surface area contributed by atoms with Gasteiger partial charge in [-0.25, -0.2) is 0 Å². The van der Waals surface area contributed by atoms with Crippen LogP contribution < -0.4 is 4.74 Å². The van der Waals surface area contributed by atoms with Gasteiger partial charge in [0.25, 0.3) is 0 Å². The SMILES string of the molecule is OC(c1cc(Cl)cc(Br)c1)c1cc(Br)cc2c1OCC2. The van der Waals surface area contributed by atoms with E-state index in [1.807, 2.05) is 18.2 Å². The molecule has 104 valence electrons. The number of fused-ring (bicyclic) bond motifs is 1. The summed E-state index contributed by atoms with van der Waals surface area (Å²) in [6, 6.07) is 9.34. The van der Waals surface area contributed by atoms with Crippen LogP contribution in [0, 0.1) is 0 Å². The molecule has 2 aromatic carbocycles. The molecule has 1 heterocycles. The Labute approximate surface area is 139 Å². The van der Waals surface area contributed by atoms with E-state index in [-0.39, 0.29) is 0 Å². The van der Waals surface area contributed by atoms with Gasteiger partial charge in [0.15, 0.2) is 0 Å². The Hall–Kier alpha value is -0.550. The van der Waals surface area contributed by atoms with Crippen molar-refractivity contribution >= 4 is 43.5 Å². The molecule has 0 saturated carbocycles. The molecule has 1 aliphatic rings. The largest absolute Gasteiger partial charge is 0.493 e. The first kappa shape index (κ1) is 14.4. The summed E-state index contributed by atoms with van der Waals surface area (Å²) in [6.45, 7) is 0.657. The molecule has 1 aliphatic heterocycles. The minimum absolute atomic E-state index is 0.584. The summed E-state index contributed by atoms with van der Waals surface area (Å²) in [5, 5.41) is 11.2. The second-order valence-corrected chi connectivity index (χ2v) is 6.95. The number of halogens is 3. The van der Waals surface area contributed by atoms with Crippen molar-refractivity contribution in [1.82, 2.24) is 0 Å². The normalized spacial score (nSPS) is 14.8. The summed E-state index contributed by atoms with van der Waals surface area (Å²) in [7, 11) is 0. The van der Waals surface area contributed by atoms with E-state index in [1.54, 1.807) is 12.1 Å². The van der Waals surface area contributed by atoms with Crippen LogP contribution in [0.2, 0.25) is 5.02 Å². The van der Waals surface area contributed by atoms with Gasteiger partial charge >= 0.3 is 0 Å². The lowest BCUT2D eigenvalue weighted by atomic mass is 9.98. The Balaban J connectivity index is 2.08. The highest BCUT2D eigenvalue weighted by Gasteiger charge is 2.23. The summed E-state index contributed by atoms with van der Waals surface area (Å²) in [6.07, 6.45) is 0.0997. The molecule has 3 rings (SSSR count). The zero-order valence-electron chi connectivity index (χ0n) is 10.4. The van der Waals surface area contributed by atoms with Crippen LogP contribution in [-0.2, 0) is 6.42 Å². The lowest BCUT2D eigenvalue weighted by Gasteiger charge is -2.16. The Morgan fingerprint density at radius 1 is 1.10 bits per heavy atom. The molecule has 0 aromatic heterocycles. The van der Waals surface area contributed by atoms with Crippen LogP contribution >= 0.6 is 43.5 Å². The monoisotopic (exact) mass is 416 g/mol. The molecule has 0 spiro atoms. The van der Waals surface area contributed by atoms with Crippen LogP contribution in [0.15, 0.2) is 39.3 Å². The molecule has 0 fully saturated rings. The number of aliphatic hydroxyl groups is 1. The van der Waals surface area contributed by atoms with E-state index < -0.39 is 6.10 Å². The maximum atomic E-state index is 10.6. The molecule has 0 saturated heterocycles. The van der Waals surface area contributed by atoms with E-state index in [9.17, 15) is 5.11 Å². The molecule has 2 nitrogen and oxygen atoms in total. The minimum Gasteiger partial charge on any atom is -0.493 e. The maximum absolute atomic E-state index is 10.6. The van der Waals surface area contributed by atoms with Crippen LogP contribution in [0.4, 0.5) is 0 Å². The van der Waals surface area contributed by atoms with Crippen LogP contribution in [0.1, 0.15) is 22.8 Å². The molecule has 2 aromatic rings. The van der Waals surface area contributed by atoms with E-state index in [0.717, 1.165) is 37.8 Å². The second-order valence-electron chi connectivity index (χ2n) is 4.69. The van der Waals surface area contributed by atoms with Crippen molar-refractivity contribution in [2.45, 2.75) is 12.5 Å². The summed E-state index contributed by atoms with van der Waals surface area (Å²) in [4.78, 5) is 0. The molecular formula is C15H11Br2ClO2. The molecular weight excluding hydrogens is 407 g/mol. The average Bonchev–Trinajstić information content (AvgIpc) is 2.83. The van der Waals surface area contributed by atoms with Gasteiger partial charge in [-0.15, -0.1) is 0 Å². The van der Waals surface area contributed by atoms with Gasteiger partial charge in [-0.2, -0.15) is 0 Å².